The number of hydrogen-bond acceptors (Lipinski definition) is 2. The lowest BCUT2D eigenvalue weighted by molar-refractivity contribution is 0.0376. The van der Waals surface area contributed by atoms with Gasteiger partial charge in [0.2, 0.25) is 0 Å². The molecule has 0 saturated heterocycles. The van der Waals surface area contributed by atoms with Crippen LogP contribution in [0, 0.1) is 9.39 Å². The van der Waals surface area contributed by atoms with E-state index in [1.54, 1.807) is 13.8 Å². The number of halogens is 2. The van der Waals surface area contributed by atoms with Crippen molar-refractivity contribution in [1.29, 1.82) is 0 Å². The van der Waals surface area contributed by atoms with Crippen molar-refractivity contribution >= 4 is 28.6 Å². The number of rotatable bonds is 2. The maximum Gasteiger partial charge on any atom is 0.339 e. The highest BCUT2D eigenvalue weighted by molar-refractivity contribution is 14.1. The molecule has 0 unspecified atom stereocenters. The summed E-state index contributed by atoms with van der Waals surface area (Å²) in [6, 6.07) is 3.98. The zero-order valence-electron chi connectivity index (χ0n) is 7.88. The van der Waals surface area contributed by atoms with Gasteiger partial charge in [-0.1, -0.05) is 0 Å². The van der Waals surface area contributed by atoms with Crippen LogP contribution in [0.15, 0.2) is 18.2 Å². The second-order valence-corrected chi connectivity index (χ2v) is 4.24. The van der Waals surface area contributed by atoms with Gasteiger partial charge in [0.15, 0.2) is 0 Å². The minimum atomic E-state index is -0.413. The number of hydrogen-bond donors (Lipinski definition) is 0. The zero-order chi connectivity index (χ0) is 10.7. The molecule has 0 aliphatic rings. The molecule has 0 saturated carbocycles. The number of carbonyl (C=O) groups excluding carboxylic acids is 1. The molecule has 0 spiro atoms. The van der Waals surface area contributed by atoms with Gasteiger partial charge >= 0.3 is 5.97 Å². The van der Waals surface area contributed by atoms with Crippen molar-refractivity contribution in [3.63, 3.8) is 0 Å². The third kappa shape index (κ3) is 2.94. The molecule has 0 radical (unpaired) electrons. The Morgan fingerprint density at radius 2 is 2.14 bits per heavy atom. The van der Waals surface area contributed by atoms with E-state index in [1.807, 2.05) is 22.6 Å². The summed E-state index contributed by atoms with van der Waals surface area (Å²) in [5.74, 6) is -0.764. The van der Waals surface area contributed by atoms with E-state index < -0.39 is 5.97 Å². The number of carbonyl (C=O) groups is 1. The van der Waals surface area contributed by atoms with E-state index in [1.165, 1.54) is 18.2 Å². The Labute approximate surface area is 95.6 Å². The van der Waals surface area contributed by atoms with E-state index in [-0.39, 0.29) is 11.9 Å². The van der Waals surface area contributed by atoms with Crippen LogP contribution in [-0.4, -0.2) is 12.1 Å². The normalized spacial score (nSPS) is 10.4. The second-order valence-electron chi connectivity index (χ2n) is 3.08. The summed E-state index contributed by atoms with van der Waals surface area (Å²) in [6.45, 7) is 3.54. The second kappa shape index (κ2) is 4.72. The molecule has 4 heteroatoms. The first kappa shape index (κ1) is 11.4. The molecule has 1 aromatic rings. The first-order chi connectivity index (χ1) is 6.50. The minimum Gasteiger partial charge on any atom is -0.459 e. The van der Waals surface area contributed by atoms with Gasteiger partial charge in [0, 0.05) is 3.57 Å². The molecule has 14 heavy (non-hydrogen) atoms. The summed E-state index contributed by atoms with van der Waals surface area (Å²) in [5, 5.41) is 0. The monoisotopic (exact) mass is 308 g/mol. The molecule has 2 nitrogen and oxygen atoms in total. The van der Waals surface area contributed by atoms with Gasteiger partial charge in [0.1, 0.15) is 5.82 Å². The van der Waals surface area contributed by atoms with Crippen LogP contribution in [0.1, 0.15) is 24.2 Å². The van der Waals surface area contributed by atoms with Gasteiger partial charge in [-0.2, -0.15) is 0 Å². The van der Waals surface area contributed by atoms with Gasteiger partial charge in [0.05, 0.1) is 11.7 Å². The number of esters is 1. The topological polar surface area (TPSA) is 26.3 Å². The average Bonchev–Trinajstić information content (AvgIpc) is 2.01. The molecule has 0 N–H and O–H groups in total. The average molecular weight is 308 g/mol. The number of ether oxygens (including phenoxy) is 1. The van der Waals surface area contributed by atoms with Gasteiger partial charge in [-0.05, 0) is 54.6 Å². The molecule has 76 valence electrons. The molecule has 0 heterocycles. The van der Waals surface area contributed by atoms with E-state index in [0.29, 0.717) is 9.13 Å². The van der Waals surface area contributed by atoms with E-state index in [0.717, 1.165) is 0 Å². The molecular weight excluding hydrogens is 298 g/mol. The van der Waals surface area contributed by atoms with E-state index in [4.69, 9.17) is 4.74 Å². The van der Waals surface area contributed by atoms with Gasteiger partial charge < -0.3 is 4.74 Å². The Morgan fingerprint density at radius 1 is 1.50 bits per heavy atom. The first-order valence-electron chi connectivity index (χ1n) is 4.16. The molecule has 0 bridgehead atoms. The molecule has 1 rings (SSSR count). The molecule has 0 aliphatic heterocycles. The van der Waals surface area contributed by atoms with E-state index in [9.17, 15) is 9.18 Å². The van der Waals surface area contributed by atoms with Crippen LogP contribution >= 0.6 is 22.6 Å². The Bertz CT molecular complexity index is 350. The van der Waals surface area contributed by atoms with Crippen molar-refractivity contribution in [2.45, 2.75) is 20.0 Å². The van der Waals surface area contributed by atoms with Crippen LogP contribution in [-0.2, 0) is 4.74 Å². The lowest BCUT2D eigenvalue weighted by Crippen LogP contribution is -2.12. The minimum absolute atomic E-state index is 0.164. The van der Waals surface area contributed by atoms with Crippen molar-refractivity contribution in [1.82, 2.24) is 0 Å². The third-order valence-electron chi connectivity index (χ3n) is 1.49. The fraction of sp³-hybridized carbons (Fsp3) is 0.300. The molecule has 0 amide bonds. The standard InChI is InChI=1S/C10H10FIO2/c1-6(2)14-10(13)8-4-3-7(11)5-9(8)12/h3-6H,1-2H3. The fourth-order valence-corrected chi connectivity index (χ4v) is 1.63. The first-order valence-corrected chi connectivity index (χ1v) is 5.24. The Morgan fingerprint density at radius 3 is 2.64 bits per heavy atom. The maximum atomic E-state index is 12.7. The van der Waals surface area contributed by atoms with E-state index in [2.05, 4.69) is 0 Å². The zero-order valence-corrected chi connectivity index (χ0v) is 10.0. The highest BCUT2D eigenvalue weighted by Gasteiger charge is 2.12. The van der Waals surface area contributed by atoms with E-state index >= 15 is 0 Å². The summed E-state index contributed by atoms with van der Waals surface area (Å²) >= 11 is 1.91. The Hall–Kier alpha value is -0.650. The highest BCUT2D eigenvalue weighted by atomic mass is 127. The van der Waals surface area contributed by atoms with Crippen LogP contribution in [0.3, 0.4) is 0 Å². The van der Waals surface area contributed by atoms with Crippen molar-refractivity contribution in [3.8, 4) is 0 Å². The van der Waals surface area contributed by atoms with Gasteiger partial charge in [0.25, 0.3) is 0 Å². The Kier molecular flexibility index (Phi) is 3.86. The van der Waals surface area contributed by atoms with Crippen LogP contribution in [0.5, 0.6) is 0 Å². The quantitative estimate of drug-likeness (QED) is 0.620. The largest absolute Gasteiger partial charge is 0.459 e. The van der Waals surface area contributed by atoms with Gasteiger partial charge in [-0.3, -0.25) is 0 Å². The smallest absolute Gasteiger partial charge is 0.339 e. The van der Waals surface area contributed by atoms with Gasteiger partial charge in [-0.15, -0.1) is 0 Å². The molecule has 0 atom stereocenters. The molecule has 1 aromatic carbocycles. The van der Waals surface area contributed by atoms with Crippen LogP contribution in [0.25, 0.3) is 0 Å². The van der Waals surface area contributed by atoms with Crippen LogP contribution in [0.4, 0.5) is 4.39 Å². The molecule has 0 fully saturated rings. The van der Waals surface area contributed by atoms with Gasteiger partial charge in [-0.25, -0.2) is 9.18 Å². The fourth-order valence-electron chi connectivity index (χ4n) is 0.933. The third-order valence-corrected chi connectivity index (χ3v) is 2.39. The highest BCUT2D eigenvalue weighted by Crippen LogP contribution is 2.15. The Balaban J connectivity index is 2.90. The summed E-state index contributed by atoms with van der Waals surface area (Å²) in [6.07, 6.45) is -0.164. The van der Waals surface area contributed by atoms with Crippen molar-refractivity contribution in [2.24, 2.45) is 0 Å². The lowest BCUT2D eigenvalue weighted by atomic mass is 10.2. The maximum absolute atomic E-state index is 12.7. The van der Waals surface area contributed by atoms with Crippen molar-refractivity contribution in [3.05, 3.63) is 33.1 Å². The summed E-state index contributed by atoms with van der Waals surface area (Å²) in [5.41, 5.74) is 0.403. The van der Waals surface area contributed by atoms with Crippen molar-refractivity contribution < 1.29 is 13.9 Å². The van der Waals surface area contributed by atoms with Crippen LogP contribution < -0.4 is 0 Å². The molecule has 0 aliphatic carbocycles. The predicted molar refractivity (Wildman–Crippen MR) is 59.7 cm³/mol. The predicted octanol–water partition coefficient (Wildman–Crippen LogP) is 3.00. The molecule has 0 aromatic heterocycles. The summed E-state index contributed by atoms with van der Waals surface area (Å²) in [4.78, 5) is 11.4. The van der Waals surface area contributed by atoms with Crippen LogP contribution in [0.2, 0.25) is 0 Å². The van der Waals surface area contributed by atoms with Crippen molar-refractivity contribution in [2.75, 3.05) is 0 Å². The summed E-state index contributed by atoms with van der Waals surface area (Å²) < 4.78 is 18.3. The summed E-state index contributed by atoms with van der Waals surface area (Å²) in [7, 11) is 0. The molecular formula is C10H10FIO2. The SMILES string of the molecule is CC(C)OC(=O)c1ccc(F)cc1I. The number of benzene rings is 1. The lowest BCUT2D eigenvalue weighted by Gasteiger charge is -2.08.